The minimum Gasteiger partial charge on any atom is -0.465 e. The lowest BCUT2D eigenvalue weighted by atomic mass is 10.2. The molecule has 0 aromatic heterocycles. The quantitative estimate of drug-likeness (QED) is 0.765. The van der Waals surface area contributed by atoms with E-state index >= 15 is 0 Å². The Labute approximate surface area is 160 Å². The number of amides is 1. The van der Waals surface area contributed by atoms with E-state index in [-0.39, 0.29) is 10.8 Å². The van der Waals surface area contributed by atoms with Gasteiger partial charge in [0.2, 0.25) is 5.91 Å². The first-order chi connectivity index (χ1) is 13.2. The normalized spacial score (nSPS) is 14.2. The Hall–Kier alpha value is -3.01. The average molecular weight is 410 g/mol. The standard InChI is InChI=1S/C18H16F2N2O5S/c1-27-18(24)13-9-16(15(20)10-14(13)19)21-28(25,26)12-6-4-11(5-7-12)22-8-2-3-17(22)23/h4-7,9-10,21H,2-3,8H2,1H3. The van der Waals surface area contributed by atoms with Gasteiger partial charge in [-0.25, -0.2) is 22.0 Å². The Balaban J connectivity index is 1.88. The predicted molar refractivity (Wildman–Crippen MR) is 96.5 cm³/mol. The van der Waals surface area contributed by atoms with Crippen molar-refractivity contribution >= 4 is 33.3 Å². The van der Waals surface area contributed by atoms with Crippen molar-refractivity contribution in [2.24, 2.45) is 0 Å². The van der Waals surface area contributed by atoms with Gasteiger partial charge in [0, 0.05) is 24.7 Å². The van der Waals surface area contributed by atoms with Crippen LogP contribution in [-0.4, -0.2) is 33.9 Å². The Morgan fingerprint density at radius 1 is 1.14 bits per heavy atom. The van der Waals surface area contributed by atoms with Crippen LogP contribution in [-0.2, 0) is 19.6 Å². The summed E-state index contributed by atoms with van der Waals surface area (Å²) in [6.07, 6.45) is 1.17. The van der Waals surface area contributed by atoms with Gasteiger partial charge in [-0.2, -0.15) is 0 Å². The minimum atomic E-state index is -4.22. The third-order valence-electron chi connectivity index (χ3n) is 4.24. The number of hydrogen-bond acceptors (Lipinski definition) is 5. The highest BCUT2D eigenvalue weighted by Gasteiger charge is 2.24. The SMILES string of the molecule is COC(=O)c1cc(NS(=O)(=O)c2ccc(N3CCCC3=O)cc2)c(F)cc1F. The highest BCUT2D eigenvalue weighted by molar-refractivity contribution is 7.92. The highest BCUT2D eigenvalue weighted by atomic mass is 32.2. The van der Waals surface area contributed by atoms with Gasteiger partial charge in [-0.3, -0.25) is 9.52 Å². The van der Waals surface area contributed by atoms with Crippen LogP contribution in [0.4, 0.5) is 20.2 Å². The molecule has 0 saturated carbocycles. The number of sulfonamides is 1. The second-order valence-electron chi connectivity index (χ2n) is 6.05. The van der Waals surface area contributed by atoms with E-state index in [1.807, 2.05) is 4.72 Å². The zero-order chi connectivity index (χ0) is 20.5. The molecule has 7 nitrogen and oxygen atoms in total. The molecule has 0 bridgehead atoms. The van der Waals surface area contributed by atoms with Crippen molar-refractivity contribution in [2.45, 2.75) is 17.7 Å². The van der Waals surface area contributed by atoms with Crippen molar-refractivity contribution in [3.05, 3.63) is 53.6 Å². The fourth-order valence-electron chi connectivity index (χ4n) is 2.82. The molecule has 2 aromatic rings. The van der Waals surface area contributed by atoms with Gasteiger partial charge >= 0.3 is 5.97 Å². The van der Waals surface area contributed by atoms with Gasteiger partial charge < -0.3 is 9.64 Å². The average Bonchev–Trinajstić information content (AvgIpc) is 3.09. The molecule has 0 radical (unpaired) electrons. The lowest BCUT2D eigenvalue weighted by Gasteiger charge is -2.16. The summed E-state index contributed by atoms with van der Waals surface area (Å²) in [5.74, 6) is -3.48. The molecule has 0 atom stereocenters. The second kappa shape index (κ2) is 7.55. The van der Waals surface area contributed by atoms with E-state index in [4.69, 9.17) is 0 Å². The molecule has 1 fully saturated rings. The van der Waals surface area contributed by atoms with Crippen molar-refractivity contribution < 1.29 is 31.5 Å². The zero-order valence-corrected chi connectivity index (χ0v) is 15.6. The molecule has 0 spiro atoms. The third kappa shape index (κ3) is 3.81. The maximum Gasteiger partial charge on any atom is 0.340 e. The van der Waals surface area contributed by atoms with Crippen LogP contribution in [0.2, 0.25) is 0 Å². The number of ether oxygens (including phenoxy) is 1. The maximum absolute atomic E-state index is 14.0. The number of nitrogens with zero attached hydrogens (tertiary/aromatic N) is 1. The van der Waals surface area contributed by atoms with Crippen LogP contribution >= 0.6 is 0 Å². The van der Waals surface area contributed by atoms with Crippen LogP contribution < -0.4 is 9.62 Å². The smallest absolute Gasteiger partial charge is 0.340 e. The van der Waals surface area contributed by atoms with E-state index in [2.05, 4.69) is 4.74 Å². The van der Waals surface area contributed by atoms with E-state index < -0.39 is 38.9 Å². The minimum absolute atomic E-state index is 0.0440. The largest absolute Gasteiger partial charge is 0.465 e. The van der Waals surface area contributed by atoms with E-state index in [0.29, 0.717) is 24.7 Å². The number of methoxy groups -OCH3 is 1. The van der Waals surface area contributed by atoms with Crippen LogP contribution in [0, 0.1) is 11.6 Å². The van der Waals surface area contributed by atoms with Crippen LogP contribution in [0.5, 0.6) is 0 Å². The molecule has 1 N–H and O–H groups in total. The molecule has 1 aliphatic rings. The number of nitrogens with one attached hydrogen (secondary N) is 1. The van der Waals surface area contributed by atoms with Gasteiger partial charge in [-0.05, 0) is 36.8 Å². The number of carbonyl (C=O) groups excluding carboxylic acids is 2. The molecule has 3 rings (SSSR count). The summed E-state index contributed by atoms with van der Waals surface area (Å²) >= 11 is 0. The molecule has 1 amide bonds. The maximum atomic E-state index is 14.0. The first kappa shape index (κ1) is 19.7. The predicted octanol–water partition coefficient (Wildman–Crippen LogP) is 2.68. The van der Waals surface area contributed by atoms with Crippen LogP contribution in [0.3, 0.4) is 0 Å². The first-order valence-electron chi connectivity index (χ1n) is 8.23. The zero-order valence-electron chi connectivity index (χ0n) is 14.7. The monoisotopic (exact) mass is 410 g/mol. The molecule has 148 valence electrons. The van der Waals surface area contributed by atoms with Crippen molar-refractivity contribution in [2.75, 3.05) is 23.3 Å². The Morgan fingerprint density at radius 3 is 2.39 bits per heavy atom. The molecule has 10 heteroatoms. The molecule has 1 aliphatic heterocycles. The molecular formula is C18H16F2N2O5S. The lowest BCUT2D eigenvalue weighted by molar-refractivity contribution is -0.117. The fourth-order valence-corrected chi connectivity index (χ4v) is 3.88. The molecule has 0 aliphatic carbocycles. The molecule has 1 saturated heterocycles. The number of halogens is 2. The number of hydrogen-bond donors (Lipinski definition) is 1. The summed E-state index contributed by atoms with van der Waals surface area (Å²) in [6, 6.07) is 6.60. The van der Waals surface area contributed by atoms with E-state index in [1.54, 1.807) is 4.90 Å². The van der Waals surface area contributed by atoms with Crippen LogP contribution in [0.1, 0.15) is 23.2 Å². The van der Waals surface area contributed by atoms with E-state index in [9.17, 15) is 26.8 Å². The number of esters is 1. The Kier molecular flexibility index (Phi) is 5.32. The number of carbonyl (C=O) groups is 2. The summed E-state index contributed by atoms with van der Waals surface area (Å²) in [4.78, 5) is 24.6. The van der Waals surface area contributed by atoms with Crippen molar-refractivity contribution in [3.63, 3.8) is 0 Å². The summed E-state index contributed by atoms with van der Waals surface area (Å²) in [5.41, 5.74) is -0.646. The van der Waals surface area contributed by atoms with Gasteiger partial charge in [0.1, 0.15) is 11.6 Å². The van der Waals surface area contributed by atoms with Gasteiger partial charge in [0.05, 0.1) is 23.3 Å². The molecule has 28 heavy (non-hydrogen) atoms. The summed E-state index contributed by atoms with van der Waals surface area (Å²) < 4.78 is 59.1. The van der Waals surface area contributed by atoms with E-state index in [0.717, 1.165) is 19.6 Å². The molecule has 1 heterocycles. The van der Waals surface area contributed by atoms with Crippen molar-refractivity contribution in [1.29, 1.82) is 0 Å². The Morgan fingerprint density at radius 2 is 1.82 bits per heavy atom. The van der Waals surface area contributed by atoms with Crippen LogP contribution in [0.25, 0.3) is 0 Å². The summed E-state index contributed by atoms with van der Waals surface area (Å²) in [7, 11) is -3.20. The number of rotatable bonds is 5. The topological polar surface area (TPSA) is 92.8 Å². The van der Waals surface area contributed by atoms with Crippen molar-refractivity contribution in [1.82, 2.24) is 0 Å². The Bertz CT molecular complexity index is 1040. The molecule has 2 aromatic carbocycles. The second-order valence-corrected chi connectivity index (χ2v) is 7.73. The number of anilines is 2. The van der Waals surface area contributed by atoms with Crippen molar-refractivity contribution in [3.8, 4) is 0 Å². The third-order valence-corrected chi connectivity index (χ3v) is 5.62. The van der Waals surface area contributed by atoms with Gasteiger partial charge in [0.25, 0.3) is 10.0 Å². The van der Waals surface area contributed by atoms with Gasteiger partial charge in [0.15, 0.2) is 0 Å². The fraction of sp³-hybridized carbons (Fsp3) is 0.222. The molecular weight excluding hydrogens is 394 g/mol. The first-order valence-corrected chi connectivity index (χ1v) is 9.72. The lowest BCUT2D eigenvalue weighted by Crippen LogP contribution is -2.23. The molecule has 0 unspecified atom stereocenters. The number of benzene rings is 2. The van der Waals surface area contributed by atoms with E-state index in [1.165, 1.54) is 24.3 Å². The van der Waals surface area contributed by atoms with Gasteiger partial charge in [-0.15, -0.1) is 0 Å². The summed E-state index contributed by atoms with van der Waals surface area (Å²) in [5, 5.41) is 0. The van der Waals surface area contributed by atoms with Gasteiger partial charge in [-0.1, -0.05) is 0 Å². The summed E-state index contributed by atoms with van der Waals surface area (Å²) in [6.45, 7) is 0.556. The highest BCUT2D eigenvalue weighted by Crippen LogP contribution is 2.26. The van der Waals surface area contributed by atoms with Crippen LogP contribution in [0.15, 0.2) is 41.3 Å².